The van der Waals surface area contributed by atoms with Crippen molar-refractivity contribution in [3.63, 3.8) is 0 Å². The minimum atomic E-state index is -4.66. The van der Waals surface area contributed by atoms with E-state index in [2.05, 4.69) is 19.9 Å². The van der Waals surface area contributed by atoms with E-state index in [0.29, 0.717) is 25.2 Å². The second kappa shape index (κ2) is 8.91. The van der Waals surface area contributed by atoms with Crippen LogP contribution in [0.2, 0.25) is 0 Å². The molecular weight excluding hydrogens is 466 g/mol. The second-order valence-electron chi connectivity index (χ2n) is 8.65. The van der Waals surface area contributed by atoms with Gasteiger partial charge in [-0.15, -0.1) is 0 Å². The number of benzene rings is 1. The lowest BCUT2D eigenvalue weighted by Gasteiger charge is -2.37. The molecule has 1 aliphatic heterocycles. The van der Waals surface area contributed by atoms with Crippen LogP contribution >= 0.6 is 0 Å². The van der Waals surface area contributed by atoms with Gasteiger partial charge in [0.2, 0.25) is 11.7 Å². The Morgan fingerprint density at radius 2 is 2.03 bits per heavy atom. The number of fused-ring (bicyclic) bond motifs is 1. The number of anilines is 1. The smallest absolute Gasteiger partial charge is 0.404 e. The highest BCUT2D eigenvalue weighted by atomic mass is 19.4. The van der Waals surface area contributed by atoms with E-state index in [1.165, 1.54) is 23.0 Å². The van der Waals surface area contributed by atoms with E-state index < -0.39 is 23.7 Å². The average Bonchev–Trinajstić information content (AvgIpc) is 3.52. The lowest BCUT2D eigenvalue weighted by Crippen LogP contribution is -2.48. The van der Waals surface area contributed by atoms with Gasteiger partial charge in [0, 0.05) is 36.9 Å². The Labute approximate surface area is 198 Å². The van der Waals surface area contributed by atoms with Gasteiger partial charge in [0.15, 0.2) is 5.82 Å². The molecule has 3 heterocycles. The number of aromatic nitrogens is 4. The fraction of sp³-hybridized carbons (Fsp3) is 0.391. The molecule has 0 spiro atoms. The molecule has 2 N–H and O–H groups in total. The van der Waals surface area contributed by atoms with Crippen molar-refractivity contribution in [2.24, 2.45) is 10.7 Å². The van der Waals surface area contributed by atoms with Gasteiger partial charge in [-0.05, 0) is 38.0 Å². The summed E-state index contributed by atoms with van der Waals surface area (Å²) in [4.78, 5) is 19.6. The summed E-state index contributed by atoms with van der Waals surface area (Å²) < 4.78 is 61.4. The van der Waals surface area contributed by atoms with Crippen molar-refractivity contribution < 1.29 is 22.3 Å². The van der Waals surface area contributed by atoms with Crippen LogP contribution < -0.4 is 10.6 Å². The first kappa shape index (κ1) is 23.2. The van der Waals surface area contributed by atoms with Gasteiger partial charge in [-0.1, -0.05) is 0 Å². The van der Waals surface area contributed by atoms with Gasteiger partial charge in [0.1, 0.15) is 11.9 Å². The number of ether oxygens (including phenoxy) is 1. The van der Waals surface area contributed by atoms with Crippen molar-refractivity contribution in [1.29, 1.82) is 0 Å². The molecule has 2 atom stereocenters. The van der Waals surface area contributed by atoms with Gasteiger partial charge in [-0.3, -0.25) is 9.39 Å². The molecule has 0 bridgehead atoms. The lowest BCUT2D eigenvalue weighted by molar-refractivity contribution is -0.137. The van der Waals surface area contributed by atoms with Gasteiger partial charge >= 0.3 is 6.18 Å². The Morgan fingerprint density at radius 1 is 1.23 bits per heavy atom. The normalized spacial score (nSPS) is 21.9. The zero-order chi connectivity index (χ0) is 24.7. The van der Waals surface area contributed by atoms with Gasteiger partial charge in [0.25, 0.3) is 0 Å². The van der Waals surface area contributed by atoms with Crippen molar-refractivity contribution in [2.75, 3.05) is 18.0 Å². The van der Waals surface area contributed by atoms with Gasteiger partial charge in [-0.2, -0.15) is 23.1 Å². The monoisotopic (exact) mass is 489 g/mol. The molecular formula is C23H23F4N7O. The zero-order valence-electron chi connectivity index (χ0n) is 18.8. The maximum Gasteiger partial charge on any atom is 0.416 e. The predicted molar refractivity (Wildman–Crippen MR) is 122 cm³/mol. The molecule has 2 unspecified atom stereocenters. The first-order valence-corrected chi connectivity index (χ1v) is 11.2. The molecule has 2 aromatic heterocycles. The number of hydrogen-bond donors (Lipinski definition) is 1. The van der Waals surface area contributed by atoms with Crippen molar-refractivity contribution in [2.45, 2.75) is 44.2 Å². The van der Waals surface area contributed by atoms with E-state index >= 15 is 0 Å². The highest BCUT2D eigenvalue weighted by Crippen LogP contribution is 2.33. The molecule has 1 saturated carbocycles. The zero-order valence-corrected chi connectivity index (χ0v) is 18.8. The summed E-state index contributed by atoms with van der Waals surface area (Å²) in [6.07, 6.45) is 3.06. The summed E-state index contributed by atoms with van der Waals surface area (Å²) in [6, 6.07) is 2.68. The molecule has 0 amide bonds. The average molecular weight is 489 g/mol. The molecule has 2 fully saturated rings. The van der Waals surface area contributed by atoms with Crippen LogP contribution in [0.5, 0.6) is 0 Å². The maximum atomic E-state index is 14.8. The van der Waals surface area contributed by atoms with Crippen molar-refractivity contribution >= 4 is 17.9 Å². The fourth-order valence-electron chi connectivity index (χ4n) is 3.96. The Bertz CT molecular complexity index is 1300. The van der Waals surface area contributed by atoms with E-state index in [0.717, 1.165) is 30.5 Å². The summed E-state index contributed by atoms with van der Waals surface area (Å²) in [5.41, 5.74) is 5.40. The van der Waals surface area contributed by atoms with E-state index in [1.807, 2.05) is 11.8 Å². The minimum absolute atomic E-state index is 0.0919. The molecule has 184 valence electrons. The molecule has 8 nitrogen and oxygen atoms in total. The molecule has 3 aromatic rings. The van der Waals surface area contributed by atoms with Gasteiger partial charge in [-0.25, -0.2) is 9.37 Å². The quantitative estimate of drug-likeness (QED) is 0.435. The summed E-state index contributed by atoms with van der Waals surface area (Å²) in [5.74, 6) is -0.454. The predicted octanol–water partition coefficient (Wildman–Crippen LogP) is 3.62. The first-order chi connectivity index (χ1) is 16.7. The van der Waals surface area contributed by atoms with Gasteiger partial charge in [0.05, 0.1) is 29.8 Å². The van der Waals surface area contributed by atoms with Crippen LogP contribution in [0.1, 0.15) is 25.3 Å². The van der Waals surface area contributed by atoms with Crippen LogP contribution in [0.4, 0.5) is 23.5 Å². The number of halogens is 4. The highest BCUT2D eigenvalue weighted by Gasteiger charge is 2.33. The van der Waals surface area contributed by atoms with Crippen molar-refractivity contribution in [3.05, 3.63) is 53.7 Å². The molecule has 1 saturated heterocycles. The molecule has 5 rings (SSSR count). The number of rotatable bonds is 5. The van der Waals surface area contributed by atoms with Gasteiger partial charge < -0.3 is 15.4 Å². The topological polar surface area (TPSA) is 93.9 Å². The Kier molecular flexibility index (Phi) is 5.91. The molecule has 35 heavy (non-hydrogen) atoms. The maximum absolute atomic E-state index is 14.8. The molecule has 12 heteroatoms. The number of aliphatic imine (C=N–C) groups is 1. The Balaban J connectivity index is 1.51. The van der Waals surface area contributed by atoms with Crippen molar-refractivity contribution in [3.8, 4) is 11.4 Å². The third-order valence-corrected chi connectivity index (χ3v) is 5.88. The number of nitrogens with two attached hydrogens (primary N) is 1. The first-order valence-electron chi connectivity index (χ1n) is 11.2. The summed E-state index contributed by atoms with van der Waals surface area (Å²) in [5, 5.41) is 0. The molecule has 1 aliphatic carbocycles. The Morgan fingerprint density at radius 3 is 2.71 bits per heavy atom. The lowest BCUT2D eigenvalue weighted by atomic mass is 10.1. The molecule has 2 aliphatic rings. The van der Waals surface area contributed by atoms with Crippen LogP contribution in [0.25, 0.3) is 17.2 Å². The van der Waals surface area contributed by atoms with E-state index in [9.17, 15) is 17.6 Å². The standard InChI is InChI=1S/C23H23F4N7O/c1-13-11-33(12-19(35-13)14(9-28)10-30-16-3-4-16)22-31-20(34-7-6-29-21(34)32-22)17-5-2-15(8-18(17)24)23(25,26)27/h2,5-10,13,16,19H,3-4,11-12,28H2,1H3/b14-9+,30-10?. The number of hydrogen-bond acceptors (Lipinski definition) is 7. The van der Waals surface area contributed by atoms with E-state index in [4.69, 9.17) is 10.5 Å². The minimum Gasteiger partial charge on any atom is -0.404 e. The molecule has 0 radical (unpaired) electrons. The van der Waals surface area contributed by atoms with Crippen LogP contribution in [0.15, 0.2) is 47.4 Å². The summed E-state index contributed by atoms with van der Waals surface area (Å²) in [6.45, 7) is 2.70. The number of nitrogens with zero attached hydrogens (tertiary/aromatic N) is 6. The van der Waals surface area contributed by atoms with Crippen LogP contribution in [0, 0.1) is 5.82 Å². The summed E-state index contributed by atoms with van der Waals surface area (Å²) in [7, 11) is 0. The fourth-order valence-corrected chi connectivity index (χ4v) is 3.96. The number of alkyl halides is 3. The van der Waals surface area contributed by atoms with Crippen LogP contribution in [0.3, 0.4) is 0 Å². The van der Waals surface area contributed by atoms with Crippen LogP contribution in [-0.2, 0) is 10.9 Å². The molecule has 1 aromatic carbocycles. The number of morpholine rings is 1. The third-order valence-electron chi connectivity index (χ3n) is 5.88. The Hall–Kier alpha value is -3.54. The van der Waals surface area contributed by atoms with E-state index in [-0.39, 0.29) is 29.2 Å². The summed E-state index contributed by atoms with van der Waals surface area (Å²) >= 11 is 0. The number of imidazole rings is 1. The SMILES string of the molecule is CC1CN(c2nc(-c3ccc(C(F)(F)F)cc3F)n3ccnc3n2)CC(/C(C=NC2CC2)=C/N)O1. The van der Waals surface area contributed by atoms with E-state index in [1.54, 1.807) is 6.21 Å². The highest BCUT2D eigenvalue weighted by molar-refractivity contribution is 5.80. The second-order valence-corrected chi connectivity index (χ2v) is 8.65. The third kappa shape index (κ3) is 4.83. The van der Waals surface area contributed by atoms with Crippen LogP contribution in [-0.4, -0.2) is 56.9 Å². The largest absolute Gasteiger partial charge is 0.416 e. The van der Waals surface area contributed by atoms with Crippen molar-refractivity contribution in [1.82, 2.24) is 19.4 Å².